The zero-order chi connectivity index (χ0) is 12.1. The summed E-state index contributed by atoms with van der Waals surface area (Å²) in [6, 6.07) is 0. The van der Waals surface area contributed by atoms with E-state index in [9.17, 15) is 4.79 Å². The van der Waals surface area contributed by atoms with Crippen molar-refractivity contribution in [1.29, 1.82) is 0 Å². The first kappa shape index (κ1) is 12.8. The lowest BCUT2D eigenvalue weighted by Gasteiger charge is -2.23. The van der Waals surface area contributed by atoms with Gasteiger partial charge in [0.15, 0.2) is 5.84 Å². The Labute approximate surface area is 96.3 Å². The van der Waals surface area contributed by atoms with Crippen LogP contribution in [0, 0.1) is 11.8 Å². The van der Waals surface area contributed by atoms with Gasteiger partial charge in [0.05, 0.1) is 5.92 Å². The van der Waals surface area contributed by atoms with Crippen molar-refractivity contribution < 1.29 is 10.0 Å². The number of likely N-dealkylation sites (tertiary alicyclic amines) is 1. The highest BCUT2D eigenvalue weighted by Gasteiger charge is 2.25. The molecule has 2 atom stereocenters. The summed E-state index contributed by atoms with van der Waals surface area (Å²) in [4.78, 5) is 13.8. The van der Waals surface area contributed by atoms with E-state index in [0.29, 0.717) is 5.92 Å². The fraction of sp³-hybridized carbons (Fsp3) is 0.818. The number of oxime groups is 1. The van der Waals surface area contributed by atoms with Crippen LogP contribution in [-0.2, 0) is 4.79 Å². The summed E-state index contributed by atoms with van der Waals surface area (Å²) < 4.78 is 0. The molecule has 2 unspecified atom stereocenters. The summed E-state index contributed by atoms with van der Waals surface area (Å²) in [6.07, 6.45) is 3.24. The van der Waals surface area contributed by atoms with Gasteiger partial charge in [0, 0.05) is 13.1 Å². The largest absolute Gasteiger partial charge is 0.409 e. The molecule has 1 aliphatic heterocycles. The van der Waals surface area contributed by atoms with Crippen LogP contribution >= 0.6 is 0 Å². The lowest BCUT2D eigenvalue weighted by molar-refractivity contribution is -0.132. The lowest BCUT2D eigenvalue weighted by atomic mass is 10.0. The fourth-order valence-electron chi connectivity index (χ4n) is 1.97. The van der Waals surface area contributed by atoms with Gasteiger partial charge in [0.25, 0.3) is 0 Å². The maximum absolute atomic E-state index is 12.0. The van der Waals surface area contributed by atoms with Crippen molar-refractivity contribution in [2.45, 2.75) is 33.1 Å². The summed E-state index contributed by atoms with van der Waals surface area (Å²) in [5.41, 5.74) is 5.44. The molecule has 0 aromatic heterocycles. The molecule has 92 valence electrons. The van der Waals surface area contributed by atoms with E-state index in [-0.39, 0.29) is 11.7 Å². The average molecular weight is 227 g/mol. The van der Waals surface area contributed by atoms with Crippen molar-refractivity contribution in [1.82, 2.24) is 4.90 Å². The van der Waals surface area contributed by atoms with Gasteiger partial charge in [0.1, 0.15) is 0 Å². The van der Waals surface area contributed by atoms with Gasteiger partial charge < -0.3 is 15.8 Å². The third kappa shape index (κ3) is 3.12. The first-order valence-electron chi connectivity index (χ1n) is 5.82. The normalized spacial score (nSPS) is 25.0. The Morgan fingerprint density at radius 1 is 1.50 bits per heavy atom. The minimum absolute atomic E-state index is 0.0118. The highest BCUT2D eigenvalue weighted by atomic mass is 16.4. The summed E-state index contributed by atoms with van der Waals surface area (Å²) in [5, 5.41) is 11.4. The van der Waals surface area contributed by atoms with Crippen molar-refractivity contribution in [2.75, 3.05) is 13.1 Å². The molecule has 0 spiro atoms. The lowest BCUT2D eigenvalue weighted by Crippen LogP contribution is -2.41. The molecule has 0 radical (unpaired) electrons. The van der Waals surface area contributed by atoms with Crippen LogP contribution in [0.25, 0.3) is 0 Å². The number of carbonyl (C=O) groups excluding carboxylic acids is 1. The van der Waals surface area contributed by atoms with E-state index in [1.54, 1.807) is 6.92 Å². The topological polar surface area (TPSA) is 78.9 Å². The summed E-state index contributed by atoms with van der Waals surface area (Å²) in [5.74, 6) is 0.0991. The van der Waals surface area contributed by atoms with E-state index in [0.717, 1.165) is 25.9 Å². The van der Waals surface area contributed by atoms with Crippen molar-refractivity contribution in [3.63, 3.8) is 0 Å². The fourth-order valence-corrected chi connectivity index (χ4v) is 1.97. The van der Waals surface area contributed by atoms with Crippen molar-refractivity contribution >= 4 is 11.7 Å². The van der Waals surface area contributed by atoms with Gasteiger partial charge in [-0.1, -0.05) is 12.1 Å². The zero-order valence-electron chi connectivity index (χ0n) is 10.0. The molecule has 0 aromatic rings. The maximum Gasteiger partial charge on any atom is 0.233 e. The Morgan fingerprint density at radius 3 is 2.81 bits per heavy atom. The summed E-state index contributed by atoms with van der Waals surface area (Å²) in [6.45, 7) is 5.45. The van der Waals surface area contributed by atoms with Gasteiger partial charge in [-0.3, -0.25) is 4.79 Å². The van der Waals surface area contributed by atoms with Gasteiger partial charge in [0.2, 0.25) is 5.91 Å². The smallest absolute Gasteiger partial charge is 0.233 e. The van der Waals surface area contributed by atoms with E-state index < -0.39 is 5.92 Å². The molecule has 0 saturated carbocycles. The molecule has 5 nitrogen and oxygen atoms in total. The third-order valence-electron chi connectivity index (χ3n) is 3.26. The first-order chi connectivity index (χ1) is 7.56. The first-order valence-corrected chi connectivity index (χ1v) is 5.82. The van der Waals surface area contributed by atoms with E-state index in [4.69, 9.17) is 10.9 Å². The van der Waals surface area contributed by atoms with Gasteiger partial charge in [-0.25, -0.2) is 0 Å². The number of hydrogen-bond acceptors (Lipinski definition) is 3. The molecule has 0 aliphatic carbocycles. The van der Waals surface area contributed by atoms with Crippen LogP contribution in [0.2, 0.25) is 0 Å². The quantitative estimate of drug-likeness (QED) is 0.320. The van der Waals surface area contributed by atoms with Gasteiger partial charge in [-0.05, 0) is 32.1 Å². The second kappa shape index (κ2) is 5.72. The molecular weight excluding hydrogens is 206 g/mol. The minimum Gasteiger partial charge on any atom is -0.409 e. The van der Waals surface area contributed by atoms with E-state index in [2.05, 4.69) is 12.1 Å². The molecule has 1 amide bonds. The van der Waals surface area contributed by atoms with E-state index in [1.807, 2.05) is 4.90 Å². The highest BCUT2D eigenvalue weighted by Crippen LogP contribution is 2.17. The average Bonchev–Trinajstić information content (AvgIpc) is 2.51. The van der Waals surface area contributed by atoms with Crippen LogP contribution in [0.3, 0.4) is 0 Å². The molecule has 3 N–H and O–H groups in total. The van der Waals surface area contributed by atoms with Gasteiger partial charge >= 0.3 is 0 Å². The molecular formula is C11H21N3O2. The monoisotopic (exact) mass is 227 g/mol. The zero-order valence-corrected chi connectivity index (χ0v) is 10.0. The maximum atomic E-state index is 12.0. The molecule has 1 saturated heterocycles. The van der Waals surface area contributed by atoms with Crippen molar-refractivity contribution in [3.05, 3.63) is 0 Å². The van der Waals surface area contributed by atoms with Crippen molar-refractivity contribution in [2.24, 2.45) is 22.7 Å². The molecule has 5 heteroatoms. The number of nitrogens with two attached hydrogens (primary N) is 1. The number of amidine groups is 1. The third-order valence-corrected chi connectivity index (χ3v) is 3.26. The van der Waals surface area contributed by atoms with Crippen LogP contribution < -0.4 is 5.73 Å². The molecule has 1 aliphatic rings. The minimum atomic E-state index is -0.529. The number of carbonyl (C=O) groups is 1. The second-order valence-electron chi connectivity index (χ2n) is 4.61. The van der Waals surface area contributed by atoms with Crippen LogP contribution in [0.1, 0.15) is 33.1 Å². The predicted octanol–water partition coefficient (Wildman–Crippen LogP) is 1.02. The van der Waals surface area contributed by atoms with E-state index in [1.165, 1.54) is 6.42 Å². The molecule has 1 heterocycles. The summed E-state index contributed by atoms with van der Waals surface area (Å²) in [7, 11) is 0. The Bertz CT molecular complexity index is 278. The number of amides is 1. The number of nitrogens with zero attached hydrogens (tertiary/aromatic N) is 2. The van der Waals surface area contributed by atoms with Gasteiger partial charge in [-0.2, -0.15) is 0 Å². The molecule has 0 bridgehead atoms. The van der Waals surface area contributed by atoms with Crippen LogP contribution in [0.5, 0.6) is 0 Å². The number of rotatable bonds is 2. The molecule has 1 fully saturated rings. The van der Waals surface area contributed by atoms with Gasteiger partial charge in [-0.15, -0.1) is 0 Å². The Kier molecular flexibility index (Phi) is 4.58. The highest BCUT2D eigenvalue weighted by molar-refractivity contribution is 6.01. The van der Waals surface area contributed by atoms with Crippen molar-refractivity contribution in [3.8, 4) is 0 Å². The van der Waals surface area contributed by atoms with Crippen LogP contribution in [0.4, 0.5) is 0 Å². The second-order valence-corrected chi connectivity index (χ2v) is 4.61. The Hall–Kier alpha value is -1.26. The van der Waals surface area contributed by atoms with Crippen LogP contribution in [-0.4, -0.2) is 34.9 Å². The molecule has 0 aromatic carbocycles. The predicted molar refractivity (Wildman–Crippen MR) is 62.2 cm³/mol. The molecule has 16 heavy (non-hydrogen) atoms. The standard InChI is InChI=1S/C11H21N3O2/c1-8-4-3-6-14(7-5-8)11(15)9(2)10(12)13-16/h8-9,16H,3-7H2,1-2H3,(H2,12,13). The SMILES string of the molecule is CC1CCCN(C(=O)C(C)C(N)=NO)CC1. The van der Waals surface area contributed by atoms with Crippen LogP contribution in [0.15, 0.2) is 5.16 Å². The van der Waals surface area contributed by atoms with E-state index >= 15 is 0 Å². The molecule has 1 rings (SSSR count). The Morgan fingerprint density at radius 2 is 2.19 bits per heavy atom. The number of hydrogen-bond donors (Lipinski definition) is 2. The summed E-state index contributed by atoms with van der Waals surface area (Å²) >= 11 is 0. The Balaban J connectivity index is 2.59.